The first-order chi connectivity index (χ1) is 6.27. The normalized spacial score (nSPS) is 18.7. The number of carbonyl (C=O) groups is 1. The Kier molecular flexibility index (Phi) is 2.23. The maximum absolute atomic E-state index is 10.8. The molecule has 1 aromatic carbocycles. The number of hydrogen-bond acceptors (Lipinski definition) is 1. The molecule has 2 rings (SSSR count). The van der Waals surface area contributed by atoms with Gasteiger partial charge in [0.15, 0.2) is 5.12 Å². The van der Waals surface area contributed by atoms with Gasteiger partial charge in [-0.15, -0.1) is 12.6 Å². The molecule has 1 aliphatic carbocycles. The molecule has 0 bridgehead atoms. The van der Waals surface area contributed by atoms with Crippen LogP contribution in [0, 0.1) is 0 Å². The molecule has 0 saturated carbocycles. The molecule has 1 aromatic rings. The van der Waals surface area contributed by atoms with Gasteiger partial charge in [-0.25, -0.2) is 0 Å². The van der Waals surface area contributed by atoms with Gasteiger partial charge in [0.25, 0.3) is 0 Å². The maximum atomic E-state index is 10.8. The number of rotatable bonds is 2. The van der Waals surface area contributed by atoms with Crippen molar-refractivity contribution in [3.8, 4) is 0 Å². The molecule has 2 heteroatoms. The summed E-state index contributed by atoms with van der Waals surface area (Å²) in [6.07, 6.45) is 4.63. The number of allylic oxidation sites excluding steroid dienone is 1. The van der Waals surface area contributed by atoms with Gasteiger partial charge in [-0.2, -0.15) is 0 Å². The van der Waals surface area contributed by atoms with Crippen LogP contribution in [0.15, 0.2) is 30.3 Å². The van der Waals surface area contributed by atoms with Gasteiger partial charge in [0, 0.05) is 12.3 Å². The van der Waals surface area contributed by atoms with Gasteiger partial charge in [0.2, 0.25) is 0 Å². The van der Waals surface area contributed by atoms with E-state index in [-0.39, 0.29) is 11.0 Å². The fraction of sp³-hybridized carbons (Fsp3) is 0.182. The third-order valence-corrected chi connectivity index (χ3v) is 2.48. The summed E-state index contributed by atoms with van der Waals surface area (Å²) in [7, 11) is 0. The van der Waals surface area contributed by atoms with Crippen molar-refractivity contribution in [2.45, 2.75) is 12.3 Å². The highest BCUT2D eigenvalue weighted by atomic mass is 32.1. The van der Waals surface area contributed by atoms with Gasteiger partial charge in [-0.3, -0.25) is 4.79 Å². The molecule has 1 nitrogen and oxygen atoms in total. The number of thiol groups is 1. The highest BCUT2D eigenvalue weighted by Gasteiger charge is 2.17. The molecule has 0 aliphatic heterocycles. The molecule has 0 radical (unpaired) electrons. The summed E-state index contributed by atoms with van der Waals surface area (Å²) in [6, 6.07) is 8.14. The zero-order chi connectivity index (χ0) is 9.26. The van der Waals surface area contributed by atoms with Crippen LogP contribution in [0.5, 0.6) is 0 Å². The Balaban J connectivity index is 2.28. The third kappa shape index (κ3) is 1.68. The lowest BCUT2D eigenvalue weighted by Crippen LogP contribution is -1.97. The average Bonchev–Trinajstić information content (AvgIpc) is 2.48. The molecule has 0 aromatic heterocycles. The van der Waals surface area contributed by atoms with E-state index in [2.05, 4.69) is 36.9 Å². The number of benzene rings is 1. The topological polar surface area (TPSA) is 17.1 Å². The molecule has 0 fully saturated rings. The van der Waals surface area contributed by atoms with Crippen LogP contribution < -0.4 is 0 Å². The summed E-state index contributed by atoms with van der Waals surface area (Å²) in [5, 5.41) is -0.0497. The molecule has 0 heterocycles. The lowest BCUT2D eigenvalue weighted by molar-refractivity contribution is -0.110. The van der Waals surface area contributed by atoms with Crippen LogP contribution in [-0.4, -0.2) is 5.12 Å². The van der Waals surface area contributed by atoms with Crippen LogP contribution in [0.4, 0.5) is 0 Å². The Morgan fingerprint density at radius 1 is 1.38 bits per heavy atom. The van der Waals surface area contributed by atoms with Gasteiger partial charge in [0.05, 0.1) is 0 Å². The van der Waals surface area contributed by atoms with E-state index >= 15 is 0 Å². The van der Waals surface area contributed by atoms with Crippen LogP contribution >= 0.6 is 12.6 Å². The first-order valence-electron chi connectivity index (χ1n) is 4.26. The smallest absolute Gasteiger partial charge is 0.186 e. The van der Waals surface area contributed by atoms with Gasteiger partial charge in [0.1, 0.15) is 0 Å². The molecule has 0 N–H and O–H groups in total. The van der Waals surface area contributed by atoms with Gasteiger partial charge < -0.3 is 0 Å². The highest BCUT2D eigenvalue weighted by molar-refractivity contribution is 7.96. The van der Waals surface area contributed by atoms with Crippen molar-refractivity contribution in [3.05, 3.63) is 41.5 Å². The number of fused-ring (bicyclic) bond motifs is 1. The summed E-state index contributed by atoms with van der Waals surface area (Å²) in [6.45, 7) is 0. The van der Waals surface area contributed by atoms with E-state index in [1.165, 1.54) is 11.1 Å². The Labute approximate surface area is 82.9 Å². The largest absolute Gasteiger partial charge is 0.287 e. The van der Waals surface area contributed by atoms with Crippen LogP contribution in [0.25, 0.3) is 6.08 Å². The minimum Gasteiger partial charge on any atom is -0.287 e. The molecule has 0 saturated heterocycles. The second kappa shape index (κ2) is 3.38. The summed E-state index contributed by atoms with van der Waals surface area (Å²) in [5.41, 5.74) is 2.46. The monoisotopic (exact) mass is 190 g/mol. The zero-order valence-corrected chi connectivity index (χ0v) is 8.00. The summed E-state index contributed by atoms with van der Waals surface area (Å²) in [4.78, 5) is 10.8. The van der Waals surface area contributed by atoms with E-state index in [1.807, 2.05) is 12.1 Å². The van der Waals surface area contributed by atoms with Gasteiger partial charge in [-0.1, -0.05) is 36.4 Å². The van der Waals surface area contributed by atoms with Crippen LogP contribution in [0.3, 0.4) is 0 Å². The van der Waals surface area contributed by atoms with Gasteiger partial charge >= 0.3 is 0 Å². The Morgan fingerprint density at radius 2 is 2.15 bits per heavy atom. The number of hydrogen-bond donors (Lipinski definition) is 1. The minimum atomic E-state index is -0.0497. The molecular weight excluding hydrogens is 180 g/mol. The van der Waals surface area contributed by atoms with Crippen molar-refractivity contribution in [1.82, 2.24) is 0 Å². The maximum Gasteiger partial charge on any atom is 0.186 e. The first-order valence-corrected chi connectivity index (χ1v) is 4.71. The van der Waals surface area contributed by atoms with Crippen molar-refractivity contribution >= 4 is 23.8 Å². The van der Waals surface area contributed by atoms with Crippen molar-refractivity contribution in [2.24, 2.45) is 0 Å². The quantitative estimate of drug-likeness (QED) is 0.709. The molecule has 1 unspecified atom stereocenters. The Morgan fingerprint density at radius 3 is 2.92 bits per heavy atom. The van der Waals surface area contributed by atoms with Crippen molar-refractivity contribution in [1.29, 1.82) is 0 Å². The second-order valence-corrected chi connectivity index (χ2v) is 3.69. The molecule has 66 valence electrons. The van der Waals surface area contributed by atoms with Crippen LogP contribution in [-0.2, 0) is 4.79 Å². The first kappa shape index (κ1) is 8.57. The zero-order valence-electron chi connectivity index (χ0n) is 7.10. The lowest BCUT2D eigenvalue weighted by atomic mass is 9.98. The summed E-state index contributed by atoms with van der Waals surface area (Å²) in [5.74, 6) is 0.237. The fourth-order valence-electron chi connectivity index (χ4n) is 1.69. The lowest BCUT2D eigenvalue weighted by Gasteiger charge is -2.07. The fourth-order valence-corrected chi connectivity index (χ4v) is 1.89. The van der Waals surface area contributed by atoms with Crippen LogP contribution in [0.2, 0.25) is 0 Å². The Hall–Kier alpha value is -1.02. The second-order valence-electron chi connectivity index (χ2n) is 3.19. The summed E-state index contributed by atoms with van der Waals surface area (Å²) >= 11 is 3.79. The van der Waals surface area contributed by atoms with E-state index in [1.54, 1.807) is 0 Å². The van der Waals surface area contributed by atoms with Gasteiger partial charge in [-0.05, 0) is 11.1 Å². The average molecular weight is 190 g/mol. The Bertz CT molecular complexity index is 368. The van der Waals surface area contributed by atoms with Crippen molar-refractivity contribution in [2.75, 3.05) is 0 Å². The molecule has 1 aliphatic rings. The number of carbonyl (C=O) groups excluding carboxylic acids is 1. The molecule has 13 heavy (non-hydrogen) atoms. The minimum absolute atomic E-state index is 0.0497. The predicted octanol–water partition coefficient (Wildman–Crippen LogP) is 2.64. The predicted molar refractivity (Wildman–Crippen MR) is 56.8 cm³/mol. The standard InChI is InChI=1S/C11H10OS/c12-11(13)7-9-6-5-8-3-1-2-4-10(8)9/h1-6,9H,7H2,(H,12,13). The van der Waals surface area contributed by atoms with E-state index in [4.69, 9.17) is 0 Å². The SMILES string of the molecule is O=C(S)CC1C=Cc2ccccc21. The van der Waals surface area contributed by atoms with Crippen molar-refractivity contribution in [3.63, 3.8) is 0 Å². The van der Waals surface area contributed by atoms with E-state index in [9.17, 15) is 4.79 Å². The van der Waals surface area contributed by atoms with Crippen molar-refractivity contribution < 1.29 is 4.79 Å². The van der Waals surface area contributed by atoms with E-state index in [0.29, 0.717) is 6.42 Å². The molecule has 0 amide bonds. The highest BCUT2D eigenvalue weighted by Crippen LogP contribution is 2.32. The van der Waals surface area contributed by atoms with E-state index in [0.717, 1.165) is 0 Å². The van der Waals surface area contributed by atoms with E-state index < -0.39 is 0 Å². The molecular formula is C11H10OS. The summed E-state index contributed by atoms with van der Waals surface area (Å²) < 4.78 is 0. The van der Waals surface area contributed by atoms with Crippen LogP contribution in [0.1, 0.15) is 23.5 Å². The third-order valence-electron chi connectivity index (χ3n) is 2.30. The molecule has 1 atom stereocenters. The molecule has 0 spiro atoms.